The minimum absolute atomic E-state index is 0.0704. The third-order valence-corrected chi connectivity index (χ3v) is 6.57. The number of carbonyl (C=O) groups excluding carboxylic acids is 1. The number of benzene rings is 1. The molecule has 0 spiro atoms. The Morgan fingerprint density at radius 3 is 2.60 bits per heavy atom. The second-order valence-corrected chi connectivity index (χ2v) is 8.49. The highest BCUT2D eigenvalue weighted by molar-refractivity contribution is 7.89. The van der Waals surface area contributed by atoms with Crippen molar-refractivity contribution in [2.45, 2.75) is 23.2 Å². The van der Waals surface area contributed by atoms with Crippen LogP contribution in [0.5, 0.6) is 5.75 Å². The Balaban J connectivity index is 1.85. The Hall–Kier alpha value is -1.90. The van der Waals surface area contributed by atoms with Gasteiger partial charge in [-0.2, -0.15) is 11.3 Å². The standard InChI is InChI=1S/C17H19NO5S2/c1-22-14-4-3-12(16(19)23-2)9-15(14)25(20,21)18-11-17(6-7-17)13-5-8-24-10-13/h3-5,8-10,18H,6-7,11H2,1-2H3. The van der Waals surface area contributed by atoms with E-state index in [9.17, 15) is 13.2 Å². The fourth-order valence-electron chi connectivity index (χ4n) is 2.73. The molecule has 0 amide bonds. The van der Waals surface area contributed by atoms with Crippen molar-refractivity contribution in [3.8, 4) is 5.75 Å². The predicted octanol–water partition coefficient (Wildman–Crippen LogP) is 2.55. The average molecular weight is 381 g/mol. The molecule has 1 heterocycles. The van der Waals surface area contributed by atoms with Crippen molar-refractivity contribution in [3.63, 3.8) is 0 Å². The first kappa shape index (κ1) is 17.9. The fraction of sp³-hybridized carbons (Fsp3) is 0.353. The molecule has 6 nitrogen and oxygen atoms in total. The van der Waals surface area contributed by atoms with Gasteiger partial charge in [0.1, 0.15) is 10.6 Å². The van der Waals surface area contributed by atoms with Crippen LogP contribution in [0.4, 0.5) is 0 Å². The number of esters is 1. The van der Waals surface area contributed by atoms with E-state index >= 15 is 0 Å². The number of sulfonamides is 1. The Labute approximate surface area is 150 Å². The zero-order valence-electron chi connectivity index (χ0n) is 13.9. The van der Waals surface area contributed by atoms with E-state index in [-0.39, 0.29) is 21.6 Å². The maximum absolute atomic E-state index is 12.8. The summed E-state index contributed by atoms with van der Waals surface area (Å²) < 4.78 is 38.0. The van der Waals surface area contributed by atoms with Crippen LogP contribution < -0.4 is 9.46 Å². The summed E-state index contributed by atoms with van der Waals surface area (Å²) in [5.41, 5.74) is 1.19. The van der Waals surface area contributed by atoms with Crippen molar-refractivity contribution >= 4 is 27.3 Å². The van der Waals surface area contributed by atoms with Gasteiger partial charge in [0.15, 0.2) is 0 Å². The topological polar surface area (TPSA) is 81.7 Å². The van der Waals surface area contributed by atoms with Crippen LogP contribution in [0.3, 0.4) is 0 Å². The summed E-state index contributed by atoms with van der Waals surface area (Å²) >= 11 is 1.60. The molecule has 0 bridgehead atoms. The number of rotatable bonds is 7. The third-order valence-electron chi connectivity index (χ3n) is 4.46. The maximum Gasteiger partial charge on any atom is 0.337 e. The van der Waals surface area contributed by atoms with Crippen molar-refractivity contribution in [2.24, 2.45) is 0 Å². The zero-order valence-corrected chi connectivity index (χ0v) is 15.6. The lowest BCUT2D eigenvalue weighted by Gasteiger charge is -2.16. The van der Waals surface area contributed by atoms with Gasteiger partial charge in [-0.15, -0.1) is 0 Å². The second kappa shape index (κ2) is 6.78. The Bertz CT molecular complexity index is 870. The first-order valence-corrected chi connectivity index (χ1v) is 10.1. The molecular formula is C17H19NO5S2. The van der Waals surface area contributed by atoms with E-state index in [1.54, 1.807) is 11.3 Å². The summed E-state index contributed by atoms with van der Waals surface area (Å²) in [6, 6.07) is 6.23. The van der Waals surface area contributed by atoms with Gasteiger partial charge in [-0.3, -0.25) is 0 Å². The van der Waals surface area contributed by atoms with Crippen LogP contribution >= 0.6 is 11.3 Å². The Morgan fingerprint density at radius 1 is 1.28 bits per heavy atom. The van der Waals surface area contributed by atoms with Crippen molar-refractivity contribution in [1.29, 1.82) is 0 Å². The van der Waals surface area contributed by atoms with Crippen LogP contribution in [0, 0.1) is 0 Å². The van der Waals surface area contributed by atoms with Crippen LogP contribution in [0.1, 0.15) is 28.8 Å². The molecule has 1 aromatic heterocycles. The summed E-state index contributed by atoms with van der Waals surface area (Å²) in [6.45, 7) is 0.317. The highest BCUT2D eigenvalue weighted by atomic mass is 32.2. The minimum atomic E-state index is -3.83. The van der Waals surface area contributed by atoms with Crippen LogP contribution in [0.15, 0.2) is 39.9 Å². The van der Waals surface area contributed by atoms with Gasteiger partial charge in [0.05, 0.1) is 19.8 Å². The molecule has 0 radical (unpaired) electrons. The van der Waals surface area contributed by atoms with E-state index < -0.39 is 16.0 Å². The molecule has 8 heteroatoms. The minimum Gasteiger partial charge on any atom is -0.495 e. The second-order valence-electron chi connectivity index (χ2n) is 5.97. The van der Waals surface area contributed by atoms with E-state index in [0.29, 0.717) is 6.54 Å². The number of methoxy groups -OCH3 is 2. The van der Waals surface area contributed by atoms with E-state index in [4.69, 9.17) is 4.74 Å². The molecule has 0 atom stereocenters. The number of thiophene rings is 1. The van der Waals surface area contributed by atoms with Crippen LogP contribution in [0.25, 0.3) is 0 Å². The molecule has 0 saturated heterocycles. The van der Waals surface area contributed by atoms with E-state index in [2.05, 4.69) is 14.8 Å². The lowest BCUT2D eigenvalue weighted by atomic mass is 10.0. The van der Waals surface area contributed by atoms with Crippen molar-refractivity contribution in [2.75, 3.05) is 20.8 Å². The van der Waals surface area contributed by atoms with Crippen molar-refractivity contribution in [3.05, 3.63) is 46.2 Å². The van der Waals surface area contributed by atoms with Gasteiger partial charge in [-0.25, -0.2) is 17.9 Å². The van der Waals surface area contributed by atoms with Gasteiger partial charge in [-0.1, -0.05) is 0 Å². The predicted molar refractivity (Wildman–Crippen MR) is 94.8 cm³/mol. The van der Waals surface area contributed by atoms with Gasteiger partial charge >= 0.3 is 5.97 Å². The number of ether oxygens (including phenoxy) is 2. The number of hydrogen-bond acceptors (Lipinski definition) is 6. The molecule has 1 aromatic carbocycles. The van der Waals surface area contributed by atoms with Crippen molar-refractivity contribution in [1.82, 2.24) is 4.72 Å². The molecule has 0 unspecified atom stereocenters. The molecule has 1 aliphatic carbocycles. The zero-order chi connectivity index (χ0) is 18.1. The molecule has 25 heavy (non-hydrogen) atoms. The SMILES string of the molecule is COC(=O)c1ccc(OC)c(S(=O)(=O)NCC2(c3ccsc3)CC2)c1. The number of hydrogen-bond donors (Lipinski definition) is 1. The van der Waals surface area contributed by atoms with Gasteiger partial charge < -0.3 is 9.47 Å². The quantitative estimate of drug-likeness (QED) is 0.746. The van der Waals surface area contributed by atoms with E-state index in [1.165, 1.54) is 32.4 Å². The largest absolute Gasteiger partial charge is 0.495 e. The van der Waals surface area contributed by atoms with Gasteiger partial charge in [0.2, 0.25) is 10.0 Å². The monoisotopic (exact) mass is 381 g/mol. The molecule has 0 aliphatic heterocycles. The fourth-order valence-corrected chi connectivity index (χ4v) is 4.83. The van der Waals surface area contributed by atoms with Gasteiger partial charge in [-0.05, 0) is 53.4 Å². The third kappa shape index (κ3) is 3.56. The molecular weight excluding hydrogens is 362 g/mol. The Kier molecular flexibility index (Phi) is 4.86. The maximum atomic E-state index is 12.8. The molecule has 2 aromatic rings. The summed E-state index contributed by atoms with van der Waals surface area (Å²) in [5, 5.41) is 4.05. The summed E-state index contributed by atoms with van der Waals surface area (Å²) in [5.74, 6) is -0.420. The molecule has 1 N–H and O–H groups in total. The Morgan fingerprint density at radius 2 is 2.04 bits per heavy atom. The summed E-state index contributed by atoms with van der Waals surface area (Å²) in [4.78, 5) is 11.6. The summed E-state index contributed by atoms with van der Waals surface area (Å²) in [6.07, 6.45) is 1.90. The van der Waals surface area contributed by atoms with Gasteiger partial charge in [0, 0.05) is 12.0 Å². The molecule has 3 rings (SSSR count). The highest BCUT2D eigenvalue weighted by Crippen LogP contribution is 2.48. The van der Waals surface area contributed by atoms with E-state index in [1.807, 2.05) is 11.4 Å². The normalized spacial score (nSPS) is 15.6. The first-order chi connectivity index (χ1) is 11.9. The lowest BCUT2D eigenvalue weighted by Crippen LogP contribution is -2.32. The van der Waals surface area contributed by atoms with Crippen molar-refractivity contribution < 1.29 is 22.7 Å². The average Bonchev–Trinajstić information content (AvgIpc) is 3.21. The summed E-state index contributed by atoms with van der Waals surface area (Å²) in [7, 11) is -1.20. The molecule has 134 valence electrons. The van der Waals surface area contributed by atoms with Crippen LogP contribution in [0.2, 0.25) is 0 Å². The van der Waals surface area contributed by atoms with Crippen LogP contribution in [-0.4, -0.2) is 35.2 Å². The highest BCUT2D eigenvalue weighted by Gasteiger charge is 2.45. The molecule has 1 fully saturated rings. The smallest absolute Gasteiger partial charge is 0.337 e. The molecule has 1 aliphatic rings. The van der Waals surface area contributed by atoms with Gasteiger partial charge in [0.25, 0.3) is 0 Å². The van der Waals surface area contributed by atoms with Crippen LogP contribution in [-0.2, 0) is 20.2 Å². The number of nitrogens with one attached hydrogen (secondary N) is 1. The molecule has 1 saturated carbocycles. The van der Waals surface area contributed by atoms with E-state index in [0.717, 1.165) is 18.4 Å². The lowest BCUT2D eigenvalue weighted by molar-refractivity contribution is 0.0600. The first-order valence-electron chi connectivity index (χ1n) is 7.70. The number of carbonyl (C=O) groups is 1.